The van der Waals surface area contributed by atoms with Crippen LogP contribution in [0, 0.1) is 17.1 Å². The Morgan fingerprint density at radius 1 is 1.14 bits per heavy atom. The lowest BCUT2D eigenvalue weighted by molar-refractivity contribution is -0.255. The van der Waals surface area contributed by atoms with E-state index in [9.17, 15) is 24.3 Å². The predicted octanol–water partition coefficient (Wildman–Crippen LogP) is 3.65. The maximum absolute atomic E-state index is 12.9. The number of carbonyl (C=O) groups is 2. The quantitative estimate of drug-likeness (QED) is 0.511. The van der Waals surface area contributed by atoms with Crippen molar-refractivity contribution >= 4 is 35.2 Å². The standard InChI is InChI=1S/C21H12ClFN2O4/c22-18-10-12(1-7-17(18)21(27)28)19-8-6-16(29-19)9-13(11-24)20(26)25-15-4-2-14(23)3-5-15/h1-10H,(H,25,26)(H,27,28)/p-1/b13-9-. The zero-order valence-corrected chi connectivity index (χ0v) is 15.4. The summed E-state index contributed by atoms with van der Waals surface area (Å²) in [7, 11) is 0. The van der Waals surface area contributed by atoms with Gasteiger partial charge in [-0.2, -0.15) is 5.26 Å². The van der Waals surface area contributed by atoms with E-state index < -0.39 is 17.7 Å². The molecule has 0 saturated heterocycles. The summed E-state index contributed by atoms with van der Waals surface area (Å²) in [5, 5.41) is 22.7. The van der Waals surface area contributed by atoms with Crippen molar-refractivity contribution in [2.45, 2.75) is 0 Å². The van der Waals surface area contributed by atoms with Crippen molar-refractivity contribution in [3.63, 3.8) is 0 Å². The van der Waals surface area contributed by atoms with Gasteiger partial charge < -0.3 is 19.6 Å². The molecule has 29 heavy (non-hydrogen) atoms. The summed E-state index contributed by atoms with van der Waals surface area (Å²) in [6.45, 7) is 0. The third kappa shape index (κ3) is 4.69. The second-order valence-corrected chi connectivity index (χ2v) is 6.22. The normalized spacial score (nSPS) is 11.0. The van der Waals surface area contributed by atoms with Gasteiger partial charge in [-0.1, -0.05) is 23.7 Å². The van der Waals surface area contributed by atoms with Gasteiger partial charge in [-0.25, -0.2) is 4.39 Å². The molecule has 0 radical (unpaired) electrons. The molecule has 3 rings (SSSR count). The van der Waals surface area contributed by atoms with Gasteiger partial charge in [0.25, 0.3) is 5.91 Å². The number of benzene rings is 2. The first kappa shape index (κ1) is 19.9. The van der Waals surface area contributed by atoms with Gasteiger partial charge in [0, 0.05) is 22.9 Å². The number of carbonyl (C=O) groups excluding carboxylic acids is 2. The Bertz CT molecular complexity index is 1160. The van der Waals surface area contributed by atoms with Gasteiger partial charge in [0.15, 0.2) is 0 Å². The fraction of sp³-hybridized carbons (Fsp3) is 0. The largest absolute Gasteiger partial charge is 0.545 e. The van der Waals surface area contributed by atoms with E-state index in [2.05, 4.69) is 5.32 Å². The van der Waals surface area contributed by atoms with E-state index in [0.29, 0.717) is 17.0 Å². The third-order valence-corrected chi connectivity index (χ3v) is 4.17. The number of nitriles is 1. The summed E-state index contributed by atoms with van der Waals surface area (Å²) < 4.78 is 18.5. The topological polar surface area (TPSA) is 106 Å². The molecular weight excluding hydrogens is 399 g/mol. The maximum atomic E-state index is 12.9. The summed E-state index contributed by atoms with van der Waals surface area (Å²) >= 11 is 5.92. The molecule has 1 heterocycles. The molecule has 0 bridgehead atoms. The van der Waals surface area contributed by atoms with E-state index in [0.717, 1.165) is 0 Å². The van der Waals surface area contributed by atoms with Gasteiger partial charge in [-0.3, -0.25) is 4.79 Å². The van der Waals surface area contributed by atoms with Crippen LogP contribution in [0.15, 0.2) is 64.6 Å². The summed E-state index contributed by atoms with van der Waals surface area (Å²) in [6.07, 6.45) is 1.25. The highest BCUT2D eigenvalue weighted by molar-refractivity contribution is 6.33. The highest BCUT2D eigenvalue weighted by atomic mass is 35.5. The number of amides is 1. The van der Waals surface area contributed by atoms with Crippen LogP contribution in [0.3, 0.4) is 0 Å². The third-order valence-electron chi connectivity index (χ3n) is 3.85. The molecule has 1 aromatic heterocycles. The van der Waals surface area contributed by atoms with Crippen LogP contribution in [0.25, 0.3) is 17.4 Å². The van der Waals surface area contributed by atoms with Crippen LogP contribution in [0.1, 0.15) is 16.1 Å². The number of hydrogen-bond donors (Lipinski definition) is 1. The first-order valence-corrected chi connectivity index (χ1v) is 8.55. The molecule has 0 aliphatic heterocycles. The van der Waals surface area contributed by atoms with Crippen LogP contribution in [0.2, 0.25) is 5.02 Å². The van der Waals surface area contributed by atoms with Gasteiger partial charge in [0.2, 0.25) is 0 Å². The molecule has 0 fully saturated rings. The Hall–Kier alpha value is -3.89. The Balaban J connectivity index is 1.81. The van der Waals surface area contributed by atoms with Crippen LogP contribution in [0.5, 0.6) is 0 Å². The minimum Gasteiger partial charge on any atom is -0.545 e. The molecule has 0 saturated carbocycles. The van der Waals surface area contributed by atoms with Crippen molar-refractivity contribution in [1.29, 1.82) is 5.26 Å². The summed E-state index contributed by atoms with van der Waals surface area (Å²) in [4.78, 5) is 23.2. The Labute approximate surface area is 169 Å². The number of aromatic carboxylic acids is 1. The van der Waals surface area contributed by atoms with Crippen molar-refractivity contribution in [1.82, 2.24) is 0 Å². The highest BCUT2D eigenvalue weighted by Crippen LogP contribution is 2.28. The number of nitrogens with one attached hydrogen (secondary N) is 1. The predicted molar refractivity (Wildman–Crippen MR) is 102 cm³/mol. The molecule has 1 N–H and O–H groups in total. The first-order chi connectivity index (χ1) is 13.9. The number of rotatable bonds is 5. The number of anilines is 1. The molecule has 3 aromatic rings. The minimum absolute atomic E-state index is 0.00705. The van der Waals surface area contributed by atoms with E-state index in [1.54, 1.807) is 18.2 Å². The number of nitrogens with zero attached hydrogens (tertiary/aromatic N) is 1. The lowest BCUT2D eigenvalue weighted by atomic mass is 10.1. The molecule has 0 aliphatic rings. The van der Waals surface area contributed by atoms with Crippen molar-refractivity contribution in [2.24, 2.45) is 0 Å². The van der Waals surface area contributed by atoms with Gasteiger partial charge in [-0.05, 0) is 42.5 Å². The second kappa shape index (κ2) is 8.42. The van der Waals surface area contributed by atoms with Crippen molar-refractivity contribution in [3.8, 4) is 17.4 Å². The van der Waals surface area contributed by atoms with Crippen LogP contribution in [-0.4, -0.2) is 11.9 Å². The zero-order valence-electron chi connectivity index (χ0n) is 14.6. The molecule has 1 amide bonds. The first-order valence-electron chi connectivity index (χ1n) is 8.17. The second-order valence-electron chi connectivity index (χ2n) is 5.81. The molecule has 0 aliphatic carbocycles. The van der Waals surface area contributed by atoms with Gasteiger partial charge in [0.05, 0.1) is 11.0 Å². The van der Waals surface area contributed by atoms with Crippen LogP contribution in [0.4, 0.5) is 10.1 Å². The molecule has 6 nitrogen and oxygen atoms in total. The molecule has 144 valence electrons. The smallest absolute Gasteiger partial charge is 0.266 e. The number of carboxylic acids is 1. The fourth-order valence-corrected chi connectivity index (χ4v) is 2.70. The van der Waals surface area contributed by atoms with Gasteiger partial charge >= 0.3 is 0 Å². The van der Waals surface area contributed by atoms with E-state index >= 15 is 0 Å². The molecule has 0 unspecified atom stereocenters. The molecule has 0 spiro atoms. The average Bonchev–Trinajstić information content (AvgIpc) is 3.16. The molecule has 0 atom stereocenters. The van der Waals surface area contributed by atoms with Crippen LogP contribution >= 0.6 is 11.6 Å². The zero-order chi connectivity index (χ0) is 21.0. The lowest BCUT2D eigenvalue weighted by Gasteiger charge is -2.06. The lowest BCUT2D eigenvalue weighted by Crippen LogP contribution is -2.22. The summed E-state index contributed by atoms with van der Waals surface area (Å²) in [6, 6.07) is 14.2. The number of furan rings is 1. The Morgan fingerprint density at radius 2 is 1.86 bits per heavy atom. The fourth-order valence-electron chi connectivity index (χ4n) is 2.44. The minimum atomic E-state index is -1.39. The van der Waals surface area contributed by atoms with E-state index in [-0.39, 0.29) is 21.9 Å². The maximum Gasteiger partial charge on any atom is 0.266 e. The van der Waals surface area contributed by atoms with Gasteiger partial charge in [-0.15, -0.1) is 0 Å². The number of carboxylic acid groups (broad SMARTS) is 1. The molecule has 8 heteroatoms. The Kier molecular flexibility index (Phi) is 5.77. The molecule has 2 aromatic carbocycles. The van der Waals surface area contributed by atoms with Crippen molar-refractivity contribution in [2.75, 3.05) is 5.32 Å². The van der Waals surface area contributed by atoms with Gasteiger partial charge in [0.1, 0.15) is 29.0 Å². The van der Waals surface area contributed by atoms with Crippen molar-refractivity contribution in [3.05, 3.63) is 82.3 Å². The van der Waals surface area contributed by atoms with Crippen LogP contribution < -0.4 is 10.4 Å². The van der Waals surface area contributed by atoms with E-state index in [4.69, 9.17) is 16.0 Å². The Morgan fingerprint density at radius 3 is 2.48 bits per heavy atom. The SMILES string of the molecule is N#C/C(=C/c1ccc(-c2ccc(C(=O)[O-])c(Cl)c2)o1)C(=O)Nc1ccc(F)cc1. The number of hydrogen-bond acceptors (Lipinski definition) is 5. The number of halogens is 2. The summed E-state index contributed by atoms with van der Waals surface area (Å²) in [5.41, 5.74) is 0.473. The summed E-state index contributed by atoms with van der Waals surface area (Å²) in [5.74, 6) is -1.94. The van der Waals surface area contributed by atoms with Crippen LogP contribution in [-0.2, 0) is 4.79 Å². The highest BCUT2D eigenvalue weighted by Gasteiger charge is 2.12. The van der Waals surface area contributed by atoms with E-state index in [1.165, 1.54) is 48.5 Å². The van der Waals surface area contributed by atoms with E-state index in [1.807, 2.05) is 0 Å². The monoisotopic (exact) mass is 409 g/mol. The average molecular weight is 410 g/mol. The van der Waals surface area contributed by atoms with Crippen molar-refractivity contribution < 1.29 is 23.5 Å². The molecular formula is C21H11ClFN2O4-.